The zero-order valence-corrected chi connectivity index (χ0v) is 16.4. The molecule has 0 unspecified atom stereocenters. The lowest BCUT2D eigenvalue weighted by Crippen LogP contribution is -2.23. The molecule has 5 nitrogen and oxygen atoms in total. The highest BCUT2D eigenvalue weighted by Gasteiger charge is 2.08. The molecular weight excluding hydrogens is 389 g/mol. The van der Waals surface area contributed by atoms with Crippen molar-refractivity contribution < 1.29 is 13.9 Å². The van der Waals surface area contributed by atoms with E-state index >= 15 is 0 Å². The summed E-state index contributed by atoms with van der Waals surface area (Å²) in [5.41, 5.74) is 5.61. The maximum Gasteiger partial charge on any atom is 0.343 e. The highest BCUT2D eigenvalue weighted by atomic mass is 32.1. The van der Waals surface area contributed by atoms with Gasteiger partial charge in [-0.25, -0.2) is 9.18 Å². The SMILES string of the molecule is Cc1cccc(C(=O)Oc2ccc(/C=N/NC(=S)Nc3ccc(F)cc3)cc2)c1. The Morgan fingerprint density at radius 2 is 1.79 bits per heavy atom. The van der Waals surface area contributed by atoms with Gasteiger partial charge in [-0.15, -0.1) is 0 Å². The van der Waals surface area contributed by atoms with Crippen molar-refractivity contribution in [3.63, 3.8) is 0 Å². The van der Waals surface area contributed by atoms with Crippen LogP contribution in [-0.4, -0.2) is 17.3 Å². The number of carbonyl (C=O) groups excluding carboxylic acids is 1. The van der Waals surface area contributed by atoms with Gasteiger partial charge in [0.1, 0.15) is 11.6 Å². The molecule has 0 fully saturated rings. The van der Waals surface area contributed by atoms with Crippen molar-refractivity contribution >= 4 is 35.2 Å². The van der Waals surface area contributed by atoms with E-state index in [-0.39, 0.29) is 10.9 Å². The van der Waals surface area contributed by atoms with Crippen LogP contribution in [0, 0.1) is 12.7 Å². The number of aryl methyl sites for hydroxylation is 1. The van der Waals surface area contributed by atoms with E-state index < -0.39 is 5.97 Å². The van der Waals surface area contributed by atoms with E-state index in [0.29, 0.717) is 17.0 Å². The Morgan fingerprint density at radius 1 is 1.07 bits per heavy atom. The quantitative estimate of drug-likeness (QED) is 0.212. The predicted octanol–water partition coefficient (Wildman–Crippen LogP) is 4.67. The second-order valence-corrected chi connectivity index (χ2v) is 6.57. The fraction of sp³-hybridized carbons (Fsp3) is 0.0455. The number of carbonyl (C=O) groups is 1. The lowest BCUT2D eigenvalue weighted by molar-refractivity contribution is 0.0734. The van der Waals surface area contributed by atoms with E-state index in [1.165, 1.54) is 12.1 Å². The summed E-state index contributed by atoms with van der Waals surface area (Å²) in [6.45, 7) is 1.92. The molecule has 0 saturated heterocycles. The number of esters is 1. The second-order valence-electron chi connectivity index (χ2n) is 6.16. The van der Waals surface area contributed by atoms with Gasteiger partial charge >= 0.3 is 5.97 Å². The van der Waals surface area contributed by atoms with Gasteiger partial charge in [-0.2, -0.15) is 5.10 Å². The molecule has 3 aromatic carbocycles. The second kappa shape index (κ2) is 9.57. The van der Waals surface area contributed by atoms with Crippen molar-refractivity contribution in [3.8, 4) is 5.75 Å². The standard InChI is InChI=1S/C22H18FN3O2S/c1-15-3-2-4-17(13-15)21(27)28-20-11-5-16(6-12-20)14-24-26-22(29)25-19-9-7-18(23)8-10-19/h2-14H,1H3,(H2,25,26,29)/b24-14+. The van der Waals surface area contributed by atoms with Crippen LogP contribution in [0.25, 0.3) is 0 Å². The molecule has 0 heterocycles. The van der Waals surface area contributed by atoms with Gasteiger partial charge in [0.05, 0.1) is 11.8 Å². The Hall–Kier alpha value is -3.58. The number of nitrogens with one attached hydrogen (secondary N) is 2. The number of halogens is 1. The van der Waals surface area contributed by atoms with E-state index in [2.05, 4.69) is 15.8 Å². The van der Waals surface area contributed by atoms with E-state index in [1.54, 1.807) is 54.7 Å². The van der Waals surface area contributed by atoms with Gasteiger partial charge in [-0.1, -0.05) is 17.7 Å². The first kappa shape index (κ1) is 20.2. The molecule has 0 aliphatic carbocycles. The first-order valence-corrected chi connectivity index (χ1v) is 9.15. The molecule has 0 radical (unpaired) electrons. The zero-order chi connectivity index (χ0) is 20.6. The van der Waals surface area contributed by atoms with Gasteiger partial charge < -0.3 is 10.1 Å². The minimum Gasteiger partial charge on any atom is -0.423 e. The van der Waals surface area contributed by atoms with Crippen LogP contribution in [0.4, 0.5) is 10.1 Å². The van der Waals surface area contributed by atoms with Gasteiger partial charge in [0, 0.05) is 5.69 Å². The molecule has 0 amide bonds. The Kier molecular flexibility index (Phi) is 6.65. The summed E-state index contributed by atoms with van der Waals surface area (Å²) in [6, 6.07) is 19.9. The fourth-order valence-electron chi connectivity index (χ4n) is 2.42. The number of anilines is 1. The number of rotatable bonds is 5. The largest absolute Gasteiger partial charge is 0.423 e. The van der Waals surface area contributed by atoms with Crippen molar-refractivity contribution in [2.75, 3.05) is 5.32 Å². The highest BCUT2D eigenvalue weighted by molar-refractivity contribution is 7.80. The van der Waals surface area contributed by atoms with Crippen molar-refractivity contribution in [1.29, 1.82) is 0 Å². The smallest absolute Gasteiger partial charge is 0.343 e. The summed E-state index contributed by atoms with van der Waals surface area (Å²) in [5, 5.41) is 7.21. The topological polar surface area (TPSA) is 62.7 Å². The van der Waals surface area contributed by atoms with Crippen molar-refractivity contribution in [2.24, 2.45) is 5.10 Å². The lowest BCUT2D eigenvalue weighted by Gasteiger charge is -2.07. The maximum absolute atomic E-state index is 12.9. The van der Waals surface area contributed by atoms with E-state index in [4.69, 9.17) is 17.0 Å². The highest BCUT2D eigenvalue weighted by Crippen LogP contribution is 2.14. The number of ether oxygens (including phenoxy) is 1. The van der Waals surface area contributed by atoms with E-state index in [0.717, 1.165) is 11.1 Å². The van der Waals surface area contributed by atoms with Crippen LogP contribution < -0.4 is 15.5 Å². The molecule has 3 aromatic rings. The first-order chi connectivity index (χ1) is 14.0. The van der Waals surface area contributed by atoms with Gasteiger partial charge in [-0.05, 0) is 85.4 Å². The zero-order valence-electron chi connectivity index (χ0n) is 15.6. The number of benzene rings is 3. The molecule has 0 aromatic heterocycles. The summed E-state index contributed by atoms with van der Waals surface area (Å²) in [4.78, 5) is 12.2. The summed E-state index contributed by atoms with van der Waals surface area (Å²) >= 11 is 5.12. The van der Waals surface area contributed by atoms with Crippen LogP contribution in [0.2, 0.25) is 0 Å². The van der Waals surface area contributed by atoms with Crippen molar-refractivity contribution in [2.45, 2.75) is 6.92 Å². The third kappa shape index (κ3) is 6.22. The maximum atomic E-state index is 12.9. The van der Waals surface area contributed by atoms with E-state index in [1.807, 2.05) is 19.1 Å². The average molecular weight is 407 g/mol. The van der Waals surface area contributed by atoms with Gasteiger partial charge in [-0.3, -0.25) is 5.43 Å². The van der Waals surface area contributed by atoms with Gasteiger partial charge in [0.25, 0.3) is 0 Å². The Bertz CT molecular complexity index is 1030. The molecule has 0 spiro atoms. The molecule has 29 heavy (non-hydrogen) atoms. The minimum atomic E-state index is -0.408. The number of nitrogens with zero attached hydrogens (tertiary/aromatic N) is 1. The average Bonchev–Trinajstić information content (AvgIpc) is 2.71. The van der Waals surface area contributed by atoms with Crippen LogP contribution in [0.3, 0.4) is 0 Å². The molecule has 0 bridgehead atoms. The monoisotopic (exact) mass is 407 g/mol. The molecule has 2 N–H and O–H groups in total. The molecule has 0 atom stereocenters. The summed E-state index contributed by atoms with van der Waals surface area (Å²) in [6.07, 6.45) is 1.57. The third-order valence-electron chi connectivity index (χ3n) is 3.83. The fourth-order valence-corrected chi connectivity index (χ4v) is 2.59. The Morgan fingerprint density at radius 3 is 2.48 bits per heavy atom. The van der Waals surface area contributed by atoms with Gasteiger partial charge in [0.2, 0.25) is 0 Å². The molecular formula is C22H18FN3O2S. The minimum absolute atomic E-state index is 0.275. The van der Waals surface area contributed by atoms with Crippen LogP contribution in [0.5, 0.6) is 5.75 Å². The van der Waals surface area contributed by atoms with Crippen LogP contribution >= 0.6 is 12.2 Å². The van der Waals surface area contributed by atoms with Crippen LogP contribution in [-0.2, 0) is 0 Å². The summed E-state index contributed by atoms with van der Waals surface area (Å²) < 4.78 is 18.3. The van der Waals surface area contributed by atoms with Crippen LogP contribution in [0.1, 0.15) is 21.5 Å². The lowest BCUT2D eigenvalue weighted by atomic mass is 10.1. The molecule has 7 heteroatoms. The molecule has 0 aliphatic rings. The normalized spacial score (nSPS) is 10.6. The number of hydrogen-bond donors (Lipinski definition) is 2. The molecule has 146 valence electrons. The molecule has 0 aliphatic heterocycles. The number of hydrazone groups is 1. The predicted molar refractivity (Wildman–Crippen MR) is 116 cm³/mol. The Labute approximate surface area is 173 Å². The summed E-state index contributed by atoms with van der Waals surface area (Å²) in [7, 11) is 0. The molecule has 3 rings (SSSR count). The van der Waals surface area contributed by atoms with Crippen LogP contribution in [0.15, 0.2) is 77.9 Å². The van der Waals surface area contributed by atoms with Gasteiger partial charge in [0.15, 0.2) is 5.11 Å². The first-order valence-electron chi connectivity index (χ1n) is 8.74. The third-order valence-corrected chi connectivity index (χ3v) is 4.02. The number of hydrogen-bond acceptors (Lipinski definition) is 4. The van der Waals surface area contributed by atoms with Crippen molar-refractivity contribution in [1.82, 2.24) is 5.43 Å². The number of thiocarbonyl (C=S) groups is 1. The molecule has 0 saturated carbocycles. The van der Waals surface area contributed by atoms with Crippen molar-refractivity contribution in [3.05, 3.63) is 95.3 Å². The Balaban J connectivity index is 1.51. The summed E-state index contributed by atoms with van der Waals surface area (Å²) in [5.74, 6) is -0.287. The van der Waals surface area contributed by atoms with E-state index in [9.17, 15) is 9.18 Å².